The molecule has 17 heavy (non-hydrogen) atoms. The molecular weight excluding hydrogens is 214 g/mol. The van der Waals surface area contributed by atoms with Gasteiger partial charge in [-0.15, -0.1) is 0 Å². The van der Waals surface area contributed by atoms with Crippen molar-refractivity contribution in [3.63, 3.8) is 0 Å². The molecule has 0 bridgehead atoms. The standard InChI is InChI=1S/C14H14NO2/c16-13-11-8-4-5-9-12(11)14(17)15(13)10-6-2-1-3-7-10/h2,4-5,8-10H,1,3,6-7H2. The fraction of sp³-hybridized carbons (Fsp3) is 0.357. The Morgan fingerprint density at radius 1 is 1.06 bits per heavy atom. The third kappa shape index (κ3) is 1.57. The molecule has 2 aliphatic rings. The quantitative estimate of drug-likeness (QED) is 0.692. The highest BCUT2D eigenvalue weighted by atomic mass is 16.2. The van der Waals surface area contributed by atoms with Gasteiger partial charge in [-0.25, -0.2) is 0 Å². The van der Waals surface area contributed by atoms with Crippen LogP contribution in [0.2, 0.25) is 0 Å². The summed E-state index contributed by atoms with van der Waals surface area (Å²) in [6.07, 6.45) is 6.11. The summed E-state index contributed by atoms with van der Waals surface area (Å²) in [5.41, 5.74) is 1.12. The Morgan fingerprint density at radius 3 is 2.24 bits per heavy atom. The molecule has 0 saturated heterocycles. The maximum absolute atomic E-state index is 12.2. The van der Waals surface area contributed by atoms with Gasteiger partial charge in [0.05, 0.1) is 11.1 Å². The molecule has 0 N–H and O–H groups in total. The summed E-state index contributed by atoms with van der Waals surface area (Å²) < 4.78 is 0. The first-order valence-corrected chi connectivity index (χ1v) is 6.07. The van der Waals surface area contributed by atoms with Crippen molar-refractivity contribution in [1.29, 1.82) is 0 Å². The zero-order valence-electron chi connectivity index (χ0n) is 9.56. The Labute approximate surface area is 100 Å². The second kappa shape index (κ2) is 3.99. The fourth-order valence-corrected chi connectivity index (χ4v) is 2.70. The molecule has 1 aliphatic heterocycles. The molecule has 1 fully saturated rings. The minimum Gasteiger partial charge on any atom is -0.271 e. The normalized spacial score (nSPS) is 20.8. The van der Waals surface area contributed by atoms with Crippen LogP contribution in [0.5, 0.6) is 0 Å². The second-order valence-electron chi connectivity index (χ2n) is 4.63. The van der Waals surface area contributed by atoms with Crippen LogP contribution in [0, 0.1) is 6.42 Å². The lowest BCUT2D eigenvalue weighted by atomic mass is 9.94. The van der Waals surface area contributed by atoms with E-state index in [0.29, 0.717) is 11.1 Å². The van der Waals surface area contributed by atoms with E-state index in [-0.39, 0.29) is 17.9 Å². The monoisotopic (exact) mass is 228 g/mol. The summed E-state index contributed by atoms with van der Waals surface area (Å²) in [7, 11) is 0. The lowest BCUT2D eigenvalue weighted by Crippen LogP contribution is -2.41. The zero-order valence-corrected chi connectivity index (χ0v) is 9.56. The van der Waals surface area contributed by atoms with E-state index >= 15 is 0 Å². The third-order valence-electron chi connectivity index (χ3n) is 3.57. The van der Waals surface area contributed by atoms with Gasteiger partial charge in [0, 0.05) is 6.04 Å². The predicted octanol–water partition coefficient (Wildman–Crippen LogP) is 2.43. The molecule has 2 amide bonds. The number of rotatable bonds is 1. The van der Waals surface area contributed by atoms with Gasteiger partial charge in [0.15, 0.2) is 0 Å². The Morgan fingerprint density at radius 2 is 1.71 bits per heavy atom. The molecule has 3 heteroatoms. The molecule has 1 heterocycles. The SMILES string of the molecule is O=C1c2ccccc2C(=O)N1C1C[CH]CCC1. The van der Waals surface area contributed by atoms with Crippen LogP contribution in [-0.2, 0) is 0 Å². The van der Waals surface area contributed by atoms with Crippen LogP contribution >= 0.6 is 0 Å². The average Bonchev–Trinajstić information content (AvgIpc) is 2.64. The maximum Gasteiger partial charge on any atom is 0.261 e. The Balaban J connectivity index is 1.94. The molecule has 3 rings (SSSR count). The smallest absolute Gasteiger partial charge is 0.261 e. The van der Waals surface area contributed by atoms with E-state index in [1.165, 1.54) is 4.90 Å². The zero-order chi connectivity index (χ0) is 11.8. The van der Waals surface area contributed by atoms with Gasteiger partial charge < -0.3 is 0 Å². The number of carbonyl (C=O) groups is 2. The summed E-state index contributed by atoms with van der Waals surface area (Å²) in [4.78, 5) is 25.9. The topological polar surface area (TPSA) is 37.4 Å². The minimum absolute atomic E-state index is 0.0659. The van der Waals surface area contributed by atoms with E-state index in [2.05, 4.69) is 6.42 Å². The van der Waals surface area contributed by atoms with Crippen LogP contribution in [0.15, 0.2) is 24.3 Å². The van der Waals surface area contributed by atoms with E-state index in [1.807, 2.05) is 0 Å². The van der Waals surface area contributed by atoms with Gasteiger partial charge in [-0.2, -0.15) is 0 Å². The maximum atomic E-state index is 12.2. The number of carbonyl (C=O) groups excluding carboxylic acids is 2. The first kappa shape index (κ1) is 10.5. The molecule has 1 atom stereocenters. The lowest BCUT2D eigenvalue weighted by molar-refractivity contribution is 0.0563. The summed E-state index contributed by atoms with van der Waals surface area (Å²) >= 11 is 0. The third-order valence-corrected chi connectivity index (χ3v) is 3.57. The molecule has 0 spiro atoms. The number of benzene rings is 1. The van der Waals surface area contributed by atoms with Gasteiger partial charge in [-0.1, -0.05) is 25.0 Å². The van der Waals surface area contributed by atoms with Gasteiger partial charge in [0.25, 0.3) is 11.8 Å². The Kier molecular flexibility index (Phi) is 2.46. The number of hydrogen-bond donors (Lipinski definition) is 0. The fourth-order valence-electron chi connectivity index (χ4n) is 2.70. The highest BCUT2D eigenvalue weighted by Crippen LogP contribution is 2.30. The van der Waals surface area contributed by atoms with E-state index in [4.69, 9.17) is 0 Å². The van der Waals surface area contributed by atoms with Crippen molar-refractivity contribution >= 4 is 11.8 Å². The molecule has 1 aromatic carbocycles. The van der Waals surface area contributed by atoms with Crippen molar-refractivity contribution in [2.24, 2.45) is 0 Å². The summed E-state index contributed by atoms with van der Waals surface area (Å²) in [5, 5.41) is 0. The molecular formula is C14H14NO2. The summed E-state index contributed by atoms with van der Waals surface area (Å²) in [5.74, 6) is -0.239. The van der Waals surface area contributed by atoms with E-state index in [1.54, 1.807) is 24.3 Å². The average molecular weight is 228 g/mol. The summed E-state index contributed by atoms with van der Waals surface area (Å²) in [6.45, 7) is 0. The van der Waals surface area contributed by atoms with Crippen molar-refractivity contribution in [3.05, 3.63) is 41.8 Å². The second-order valence-corrected chi connectivity index (χ2v) is 4.63. The molecule has 1 aliphatic carbocycles. The van der Waals surface area contributed by atoms with Crippen molar-refractivity contribution in [1.82, 2.24) is 4.90 Å². The van der Waals surface area contributed by atoms with Gasteiger partial charge in [0.1, 0.15) is 0 Å². The van der Waals surface area contributed by atoms with Crippen LogP contribution in [-0.4, -0.2) is 22.8 Å². The van der Waals surface area contributed by atoms with Crippen LogP contribution in [0.25, 0.3) is 0 Å². The Bertz CT molecular complexity index is 440. The van der Waals surface area contributed by atoms with Gasteiger partial charge in [0.2, 0.25) is 0 Å². The lowest BCUT2D eigenvalue weighted by Gasteiger charge is -2.29. The van der Waals surface area contributed by atoms with E-state index in [0.717, 1.165) is 25.7 Å². The van der Waals surface area contributed by atoms with Gasteiger partial charge in [-0.3, -0.25) is 14.5 Å². The highest BCUT2D eigenvalue weighted by molar-refractivity contribution is 6.21. The van der Waals surface area contributed by atoms with Crippen LogP contribution in [0.4, 0.5) is 0 Å². The summed E-state index contributed by atoms with van der Waals surface area (Å²) in [6, 6.07) is 7.15. The molecule has 1 radical (unpaired) electrons. The van der Waals surface area contributed by atoms with Gasteiger partial charge >= 0.3 is 0 Å². The number of nitrogens with zero attached hydrogens (tertiary/aromatic N) is 1. The molecule has 0 aromatic heterocycles. The first-order valence-electron chi connectivity index (χ1n) is 6.07. The largest absolute Gasteiger partial charge is 0.271 e. The number of imide groups is 1. The van der Waals surface area contributed by atoms with Crippen molar-refractivity contribution < 1.29 is 9.59 Å². The molecule has 3 nitrogen and oxygen atoms in total. The molecule has 1 aromatic rings. The first-order chi connectivity index (χ1) is 8.29. The molecule has 1 unspecified atom stereocenters. The van der Waals surface area contributed by atoms with E-state index in [9.17, 15) is 9.59 Å². The van der Waals surface area contributed by atoms with Crippen LogP contribution in [0.1, 0.15) is 46.4 Å². The van der Waals surface area contributed by atoms with Gasteiger partial charge in [-0.05, 0) is 31.4 Å². The van der Waals surface area contributed by atoms with Crippen molar-refractivity contribution in [3.8, 4) is 0 Å². The number of hydrogen-bond acceptors (Lipinski definition) is 2. The van der Waals surface area contributed by atoms with E-state index < -0.39 is 0 Å². The molecule has 1 saturated carbocycles. The predicted molar refractivity (Wildman–Crippen MR) is 63.5 cm³/mol. The van der Waals surface area contributed by atoms with Crippen molar-refractivity contribution in [2.45, 2.75) is 31.7 Å². The Hall–Kier alpha value is -1.64. The number of fused-ring (bicyclic) bond motifs is 1. The molecule has 87 valence electrons. The van der Waals surface area contributed by atoms with Crippen molar-refractivity contribution in [2.75, 3.05) is 0 Å². The van der Waals surface area contributed by atoms with Crippen LogP contribution in [0.3, 0.4) is 0 Å². The van der Waals surface area contributed by atoms with Crippen LogP contribution < -0.4 is 0 Å². The number of amides is 2. The minimum atomic E-state index is -0.120. The highest BCUT2D eigenvalue weighted by Gasteiger charge is 2.39.